The summed E-state index contributed by atoms with van der Waals surface area (Å²) >= 11 is 0. The lowest BCUT2D eigenvalue weighted by molar-refractivity contribution is -0.140. The number of nitrogens with one attached hydrogen (secondary N) is 2. The van der Waals surface area contributed by atoms with Crippen molar-refractivity contribution in [3.8, 4) is 0 Å². The van der Waals surface area contributed by atoms with Crippen LogP contribution in [0.1, 0.15) is 26.7 Å². The number of nitrogens with zero attached hydrogens (tertiary/aromatic N) is 3. The molecule has 2 bridgehead atoms. The number of rotatable bonds is 6. The highest BCUT2D eigenvalue weighted by molar-refractivity contribution is 14.0. The quantitative estimate of drug-likeness (QED) is 0.180. The summed E-state index contributed by atoms with van der Waals surface area (Å²) in [4.78, 5) is 33.7. The largest absolute Gasteiger partial charge is 0.355 e. The molecule has 2 aliphatic carbocycles. The van der Waals surface area contributed by atoms with E-state index in [9.17, 15) is 9.59 Å². The van der Waals surface area contributed by atoms with Gasteiger partial charge in [-0.25, -0.2) is 0 Å². The molecule has 0 aromatic rings. The van der Waals surface area contributed by atoms with Gasteiger partial charge in [0.05, 0.1) is 11.8 Å². The molecule has 6 unspecified atom stereocenters. The zero-order valence-corrected chi connectivity index (χ0v) is 20.7. The number of allylic oxidation sites excluding steroid dienone is 2. The molecule has 30 heavy (non-hydrogen) atoms. The maximum Gasteiger partial charge on any atom is 0.233 e. The van der Waals surface area contributed by atoms with Crippen LogP contribution in [0.2, 0.25) is 0 Å². The lowest BCUT2D eigenvalue weighted by Gasteiger charge is -2.35. The van der Waals surface area contributed by atoms with Gasteiger partial charge in [0.25, 0.3) is 0 Å². The van der Waals surface area contributed by atoms with Gasteiger partial charge in [-0.15, -0.1) is 24.0 Å². The zero-order valence-electron chi connectivity index (χ0n) is 18.3. The van der Waals surface area contributed by atoms with E-state index in [0.29, 0.717) is 13.1 Å². The molecule has 7 nitrogen and oxygen atoms in total. The topological polar surface area (TPSA) is 77.0 Å². The van der Waals surface area contributed by atoms with Crippen LogP contribution in [0, 0.1) is 35.5 Å². The van der Waals surface area contributed by atoms with Crippen molar-refractivity contribution in [2.45, 2.75) is 26.7 Å². The first-order valence-electron chi connectivity index (χ1n) is 11.2. The zero-order chi connectivity index (χ0) is 20.5. The third kappa shape index (κ3) is 4.69. The lowest BCUT2D eigenvalue weighted by atomic mass is 9.85. The molecule has 2 amide bonds. The Morgan fingerprint density at radius 1 is 0.967 bits per heavy atom. The second kappa shape index (κ2) is 9.97. The van der Waals surface area contributed by atoms with Gasteiger partial charge in [0.2, 0.25) is 11.8 Å². The molecule has 0 radical (unpaired) electrons. The number of guanidine groups is 1. The molecule has 4 rings (SSSR count). The molecular formula is C22H36IN5O2. The Morgan fingerprint density at radius 2 is 1.50 bits per heavy atom. The number of hydrogen-bond donors (Lipinski definition) is 2. The highest BCUT2D eigenvalue weighted by Gasteiger charge is 2.58. The van der Waals surface area contributed by atoms with E-state index in [2.05, 4.69) is 46.5 Å². The van der Waals surface area contributed by atoms with E-state index in [0.717, 1.165) is 50.4 Å². The van der Waals surface area contributed by atoms with Crippen LogP contribution in [0.5, 0.6) is 0 Å². The highest BCUT2D eigenvalue weighted by Crippen LogP contribution is 2.52. The van der Waals surface area contributed by atoms with E-state index in [4.69, 9.17) is 0 Å². The molecule has 0 aromatic heterocycles. The van der Waals surface area contributed by atoms with E-state index in [1.807, 2.05) is 0 Å². The first kappa shape index (κ1) is 23.5. The van der Waals surface area contributed by atoms with E-state index < -0.39 is 0 Å². The molecule has 168 valence electrons. The number of halogens is 1. The summed E-state index contributed by atoms with van der Waals surface area (Å²) in [5.74, 6) is 2.62. The molecule has 0 spiro atoms. The fourth-order valence-electron chi connectivity index (χ4n) is 6.00. The van der Waals surface area contributed by atoms with Crippen molar-refractivity contribution in [2.24, 2.45) is 40.5 Å². The second-order valence-corrected chi connectivity index (χ2v) is 9.46. The summed E-state index contributed by atoms with van der Waals surface area (Å²) in [5, 5.41) is 6.61. The number of likely N-dealkylation sites (tertiary alicyclic amines) is 2. The molecule has 3 fully saturated rings. The maximum atomic E-state index is 12.7. The number of fused-ring (bicyclic) bond motifs is 5. The van der Waals surface area contributed by atoms with Gasteiger partial charge in [-0.3, -0.25) is 19.5 Å². The lowest BCUT2D eigenvalue weighted by Crippen LogP contribution is -2.47. The normalized spacial score (nSPS) is 35.6. The summed E-state index contributed by atoms with van der Waals surface area (Å²) in [5.41, 5.74) is 0. The molecule has 2 saturated heterocycles. The maximum absolute atomic E-state index is 12.7. The van der Waals surface area contributed by atoms with Crippen molar-refractivity contribution < 1.29 is 9.59 Å². The molecule has 4 aliphatic rings. The van der Waals surface area contributed by atoms with Gasteiger partial charge in [-0.2, -0.15) is 0 Å². The Labute approximate surface area is 197 Å². The molecule has 2 heterocycles. The van der Waals surface area contributed by atoms with Crippen LogP contribution in [0.15, 0.2) is 17.1 Å². The number of amides is 2. The van der Waals surface area contributed by atoms with Crippen LogP contribution >= 0.6 is 24.0 Å². The predicted molar refractivity (Wildman–Crippen MR) is 129 cm³/mol. The van der Waals surface area contributed by atoms with Crippen LogP contribution < -0.4 is 10.6 Å². The standard InChI is InChI=1S/C22H35N5O2.HI/c1-14-10-15(2)13-26(12-14)8-6-24-22(23-3)25-7-9-27-20(28)18-16-4-5-17(11-16)19(18)21(27)29;/h4-5,14-19H,6-13H2,1-3H3,(H2,23,24,25);1H. The number of aliphatic imine (C=N–C) groups is 1. The smallest absolute Gasteiger partial charge is 0.233 e. The minimum Gasteiger partial charge on any atom is -0.355 e. The Morgan fingerprint density at radius 3 is 2.03 bits per heavy atom. The van der Waals surface area contributed by atoms with Gasteiger partial charge in [-0.1, -0.05) is 26.0 Å². The number of hydrogen-bond acceptors (Lipinski definition) is 4. The number of carbonyl (C=O) groups is 2. The fraction of sp³-hybridized carbons (Fsp3) is 0.773. The number of carbonyl (C=O) groups excluding carboxylic acids is 2. The Hall–Kier alpha value is -1.16. The SMILES string of the molecule is CN=C(NCCN1CC(C)CC(C)C1)NCCN1C(=O)C2C3C=CC(C3)C2C1=O.I. The summed E-state index contributed by atoms with van der Waals surface area (Å²) in [6.45, 7) is 9.74. The van der Waals surface area contributed by atoms with Gasteiger partial charge in [-0.05, 0) is 36.5 Å². The third-order valence-corrected chi connectivity index (χ3v) is 7.08. The Balaban J connectivity index is 0.00000256. The van der Waals surface area contributed by atoms with Gasteiger partial charge >= 0.3 is 0 Å². The van der Waals surface area contributed by atoms with E-state index in [1.165, 1.54) is 11.3 Å². The highest BCUT2D eigenvalue weighted by atomic mass is 127. The van der Waals surface area contributed by atoms with Crippen molar-refractivity contribution in [1.82, 2.24) is 20.4 Å². The first-order valence-corrected chi connectivity index (χ1v) is 11.2. The van der Waals surface area contributed by atoms with Crippen molar-refractivity contribution >= 4 is 41.8 Å². The van der Waals surface area contributed by atoms with Gasteiger partial charge < -0.3 is 15.5 Å². The molecular weight excluding hydrogens is 493 g/mol. The van der Waals surface area contributed by atoms with Crippen LogP contribution in [0.3, 0.4) is 0 Å². The van der Waals surface area contributed by atoms with Crippen molar-refractivity contribution in [1.29, 1.82) is 0 Å². The minimum atomic E-state index is -0.107. The van der Waals surface area contributed by atoms with Crippen LogP contribution in [0.4, 0.5) is 0 Å². The minimum absolute atomic E-state index is 0. The third-order valence-electron chi connectivity index (χ3n) is 7.08. The van der Waals surface area contributed by atoms with E-state index in [-0.39, 0.29) is 59.5 Å². The fourth-order valence-corrected chi connectivity index (χ4v) is 6.00. The Kier molecular flexibility index (Phi) is 7.81. The van der Waals surface area contributed by atoms with Crippen LogP contribution in [-0.4, -0.2) is 73.9 Å². The Bertz CT molecular complexity index is 672. The van der Waals surface area contributed by atoms with Crippen LogP contribution in [-0.2, 0) is 9.59 Å². The van der Waals surface area contributed by atoms with E-state index in [1.54, 1.807) is 7.05 Å². The molecule has 6 atom stereocenters. The summed E-state index contributed by atoms with van der Waals surface area (Å²) in [6.07, 6.45) is 6.56. The van der Waals surface area contributed by atoms with Crippen molar-refractivity contribution in [3.05, 3.63) is 12.2 Å². The average molecular weight is 529 g/mol. The predicted octanol–water partition coefficient (Wildman–Crippen LogP) is 1.55. The van der Waals surface area contributed by atoms with E-state index >= 15 is 0 Å². The average Bonchev–Trinajstić information content (AvgIpc) is 3.35. The van der Waals surface area contributed by atoms with Crippen LogP contribution in [0.25, 0.3) is 0 Å². The monoisotopic (exact) mass is 529 g/mol. The summed E-state index contributed by atoms with van der Waals surface area (Å²) < 4.78 is 0. The molecule has 8 heteroatoms. The molecule has 1 saturated carbocycles. The molecule has 2 aliphatic heterocycles. The summed E-state index contributed by atoms with van der Waals surface area (Å²) in [6, 6.07) is 0. The summed E-state index contributed by atoms with van der Waals surface area (Å²) in [7, 11) is 1.75. The molecule has 2 N–H and O–H groups in total. The van der Waals surface area contributed by atoms with Gasteiger partial charge in [0.15, 0.2) is 5.96 Å². The van der Waals surface area contributed by atoms with Gasteiger partial charge in [0, 0.05) is 46.3 Å². The van der Waals surface area contributed by atoms with Gasteiger partial charge in [0.1, 0.15) is 0 Å². The van der Waals surface area contributed by atoms with Crippen molar-refractivity contribution in [3.63, 3.8) is 0 Å². The second-order valence-electron chi connectivity index (χ2n) is 9.46. The van der Waals surface area contributed by atoms with Crippen molar-refractivity contribution in [2.75, 3.05) is 46.3 Å². The first-order chi connectivity index (χ1) is 14.0. The molecule has 0 aromatic carbocycles. The number of imide groups is 1. The number of piperidine rings is 1.